The molecule has 0 aromatic carbocycles. The average Bonchev–Trinajstić information content (AvgIpc) is 2.83. The molecule has 8 nitrogen and oxygen atoms in total. The molecule has 0 spiro atoms. The molecule has 1 unspecified atom stereocenters. The first kappa shape index (κ1) is 23.1. The van der Waals surface area contributed by atoms with E-state index in [4.69, 9.17) is 5.73 Å². The predicted octanol–water partition coefficient (Wildman–Crippen LogP) is 0.0706. The summed E-state index contributed by atoms with van der Waals surface area (Å²) < 4.78 is 23.9. The number of carbonyl (C=O) groups is 2. The third-order valence-corrected chi connectivity index (χ3v) is 7.57. The van der Waals surface area contributed by atoms with Crippen LogP contribution in [0.3, 0.4) is 0 Å². The van der Waals surface area contributed by atoms with Gasteiger partial charge in [-0.3, -0.25) is 9.59 Å². The second kappa shape index (κ2) is 7.91. The second-order valence-corrected chi connectivity index (χ2v) is 12.0. The molecule has 2 fully saturated rings. The molecule has 0 aliphatic carbocycles. The van der Waals surface area contributed by atoms with Crippen LogP contribution in [-0.2, 0) is 19.4 Å². The highest BCUT2D eigenvalue weighted by Crippen LogP contribution is 2.38. The van der Waals surface area contributed by atoms with Gasteiger partial charge in [-0.1, -0.05) is 0 Å². The maximum Gasteiger partial charge on any atom is 0.313 e. The molecular formula is C19H36N4O4S. The summed E-state index contributed by atoms with van der Waals surface area (Å²) >= 11 is 0. The number of hydrogen-bond donors (Lipinski definition) is 1. The smallest absolute Gasteiger partial charge is 0.313 e. The Labute approximate surface area is 169 Å². The number of nitrogens with zero attached hydrogens (tertiary/aromatic N) is 3. The molecule has 0 aromatic rings. The van der Waals surface area contributed by atoms with Crippen molar-refractivity contribution < 1.29 is 18.0 Å². The van der Waals surface area contributed by atoms with Gasteiger partial charge in [0.25, 0.3) is 0 Å². The molecule has 9 heteroatoms. The largest absolute Gasteiger partial charge is 0.329 e. The van der Waals surface area contributed by atoms with Gasteiger partial charge in [-0.25, -0.2) is 8.42 Å². The lowest BCUT2D eigenvalue weighted by Crippen LogP contribution is -2.67. The Morgan fingerprint density at radius 1 is 1.07 bits per heavy atom. The van der Waals surface area contributed by atoms with Gasteiger partial charge < -0.3 is 20.4 Å². The maximum atomic E-state index is 13.4. The summed E-state index contributed by atoms with van der Waals surface area (Å²) in [6, 6.07) is -0.478. The molecule has 0 radical (unpaired) electrons. The standard InChI is InChI=1S/C19H36N4O4S/c1-18(2)11-14(20)12-19(3,4)23(18)17(25)16(24)22(9-8-21(5)6)15-7-10-28(26,27)13-15/h14-15H,7-13,20H2,1-6H3. The van der Waals surface area contributed by atoms with Crippen LogP contribution in [0.5, 0.6) is 0 Å². The van der Waals surface area contributed by atoms with E-state index in [1.165, 1.54) is 4.90 Å². The van der Waals surface area contributed by atoms with Gasteiger partial charge in [0, 0.05) is 36.3 Å². The van der Waals surface area contributed by atoms with Crippen LogP contribution in [0.1, 0.15) is 47.0 Å². The fraction of sp³-hybridized carbons (Fsp3) is 0.895. The molecule has 0 bridgehead atoms. The van der Waals surface area contributed by atoms with E-state index >= 15 is 0 Å². The van der Waals surface area contributed by atoms with Crippen LogP contribution in [0.2, 0.25) is 0 Å². The second-order valence-electron chi connectivity index (χ2n) is 9.79. The normalized spacial score (nSPS) is 26.4. The van der Waals surface area contributed by atoms with Crippen molar-refractivity contribution in [3.8, 4) is 0 Å². The lowest BCUT2D eigenvalue weighted by molar-refractivity contribution is -0.164. The Hall–Kier alpha value is -1.19. The lowest BCUT2D eigenvalue weighted by atomic mass is 9.77. The van der Waals surface area contributed by atoms with E-state index in [-0.39, 0.29) is 17.5 Å². The molecule has 2 amide bonds. The average molecular weight is 417 g/mol. The number of hydrogen-bond acceptors (Lipinski definition) is 6. The number of rotatable bonds is 4. The fourth-order valence-corrected chi connectivity index (χ4v) is 6.64. The molecule has 2 aliphatic rings. The Balaban J connectivity index is 2.30. The third-order valence-electron chi connectivity index (χ3n) is 5.82. The zero-order valence-electron chi connectivity index (χ0n) is 18.1. The lowest BCUT2D eigenvalue weighted by Gasteiger charge is -2.54. The maximum absolute atomic E-state index is 13.4. The fourth-order valence-electron chi connectivity index (χ4n) is 4.90. The Kier molecular flexibility index (Phi) is 6.53. The number of sulfone groups is 1. The first-order chi connectivity index (χ1) is 12.7. The van der Waals surface area contributed by atoms with Gasteiger partial charge in [0.1, 0.15) is 0 Å². The van der Waals surface area contributed by atoms with Crippen molar-refractivity contribution >= 4 is 21.7 Å². The number of likely N-dealkylation sites (tertiary alicyclic amines) is 1. The highest BCUT2D eigenvalue weighted by Gasteiger charge is 2.50. The number of amides is 2. The van der Waals surface area contributed by atoms with E-state index < -0.39 is 38.8 Å². The van der Waals surface area contributed by atoms with Crippen LogP contribution >= 0.6 is 0 Å². The Bertz CT molecular complexity index is 699. The van der Waals surface area contributed by atoms with Crippen molar-refractivity contribution in [2.24, 2.45) is 5.73 Å². The van der Waals surface area contributed by atoms with Gasteiger partial charge in [-0.2, -0.15) is 0 Å². The molecule has 0 aromatic heterocycles. The molecule has 2 heterocycles. The van der Waals surface area contributed by atoms with E-state index in [2.05, 4.69) is 0 Å². The number of nitrogens with two attached hydrogens (primary N) is 1. The van der Waals surface area contributed by atoms with Gasteiger partial charge in [0.2, 0.25) is 0 Å². The first-order valence-corrected chi connectivity index (χ1v) is 11.7. The van der Waals surface area contributed by atoms with Crippen molar-refractivity contribution in [2.45, 2.75) is 70.1 Å². The van der Waals surface area contributed by atoms with Crippen LogP contribution in [0.4, 0.5) is 0 Å². The summed E-state index contributed by atoms with van der Waals surface area (Å²) in [7, 11) is 0.601. The summed E-state index contributed by atoms with van der Waals surface area (Å²) in [6.45, 7) is 8.62. The van der Waals surface area contributed by atoms with Crippen molar-refractivity contribution in [2.75, 3.05) is 38.7 Å². The summed E-state index contributed by atoms with van der Waals surface area (Å²) in [4.78, 5) is 31.7. The molecule has 2 aliphatic heterocycles. The van der Waals surface area contributed by atoms with E-state index in [9.17, 15) is 18.0 Å². The zero-order valence-corrected chi connectivity index (χ0v) is 18.9. The number of likely N-dealkylation sites (N-methyl/N-ethyl adjacent to an activating group) is 1. The topological polar surface area (TPSA) is 104 Å². The van der Waals surface area contributed by atoms with Crippen LogP contribution in [0.15, 0.2) is 0 Å². The van der Waals surface area contributed by atoms with E-state index in [1.807, 2.05) is 46.7 Å². The molecular weight excluding hydrogens is 380 g/mol. The van der Waals surface area contributed by atoms with Gasteiger partial charge in [0.15, 0.2) is 9.84 Å². The SMILES string of the molecule is CN(C)CCN(C(=O)C(=O)N1C(C)(C)CC(N)CC1(C)C)C1CCS(=O)(=O)C1. The Morgan fingerprint density at radius 2 is 1.61 bits per heavy atom. The minimum atomic E-state index is -3.17. The van der Waals surface area contributed by atoms with Crippen LogP contribution in [0.25, 0.3) is 0 Å². The van der Waals surface area contributed by atoms with Gasteiger partial charge in [0.05, 0.1) is 11.5 Å². The van der Waals surface area contributed by atoms with Crippen molar-refractivity contribution in [1.82, 2.24) is 14.7 Å². The molecule has 28 heavy (non-hydrogen) atoms. The minimum absolute atomic E-state index is 0.0334. The summed E-state index contributed by atoms with van der Waals surface area (Å²) in [6.07, 6.45) is 1.61. The van der Waals surface area contributed by atoms with E-state index in [0.717, 1.165) is 0 Å². The number of piperidine rings is 1. The van der Waals surface area contributed by atoms with E-state index in [1.54, 1.807) is 4.90 Å². The molecule has 2 rings (SSSR count). The number of carbonyl (C=O) groups excluding carboxylic acids is 2. The van der Waals surface area contributed by atoms with Crippen molar-refractivity contribution in [1.29, 1.82) is 0 Å². The Morgan fingerprint density at radius 3 is 2.04 bits per heavy atom. The zero-order chi connectivity index (χ0) is 21.5. The van der Waals surface area contributed by atoms with Crippen LogP contribution < -0.4 is 5.73 Å². The van der Waals surface area contributed by atoms with Gasteiger partial charge in [-0.15, -0.1) is 0 Å². The van der Waals surface area contributed by atoms with Gasteiger partial charge in [-0.05, 0) is 61.1 Å². The van der Waals surface area contributed by atoms with E-state index in [0.29, 0.717) is 32.4 Å². The van der Waals surface area contributed by atoms with Crippen LogP contribution in [0, 0.1) is 0 Å². The van der Waals surface area contributed by atoms with Gasteiger partial charge >= 0.3 is 11.8 Å². The molecule has 0 saturated carbocycles. The predicted molar refractivity (Wildman–Crippen MR) is 110 cm³/mol. The first-order valence-electron chi connectivity index (χ1n) is 9.92. The van der Waals surface area contributed by atoms with Crippen molar-refractivity contribution in [3.05, 3.63) is 0 Å². The molecule has 2 N–H and O–H groups in total. The summed E-state index contributed by atoms with van der Waals surface area (Å²) in [5.74, 6) is -1.19. The highest BCUT2D eigenvalue weighted by atomic mass is 32.2. The quantitative estimate of drug-likeness (QED) is 0.651. The minimum Gasteiger partial charge on any atom is -0.329 e. The molecule has 162 valence electrons. The van der Waals surface area contributed by atoms with Crippen LogP contribution in [-0.4, -0.2) is 96.8 Å². The summed E-state index contributed by atoms with van der Waals surface area (Å²) in [5, 5.41) is 0. The van der Waals surface area contributed by atoms with Crippen molar-refractivity contribution in [3.63, 3.8) is 0 Å². The summed E-state index contributed by atoms with van der Waals surface area (Å²) in [5.41, 5.74) is 5.08. The molecule has 2 saturated heterocycles. The molecule has 1 atom stereocenters. The highest BCUT2D eigenvalue weighted by molar-refractivity contribution is 7.91. The third kappa shape index (κ3) is 5.04. The monoisotopic (exact) mass is 416 g/mol.